The number of rotatable bonds is 6. The van der Waals surface area contributed by atoms with E-state index in [-0.39, 0.29) is 0 Å². The highest BCUT2D eigenvalue weighted by atomic mass is 16.5. The zero-order valence-corrected chi connectivity index (χ0v) is 12.2. The van der Waals surface area contributed by atoms with Gasteiger partial charge in [0.15, 0.2) is 0 Å². The molecule has 0 saturated carbocycles. The molecule has 1 aromatic rings. The summed E-state index contributed by atoms with van der Waals surface area (Å²) >= 11 is 0. The summed E-state index contributed by atoms with van der Waals surface area (Å²) in [4.78, 5) is 2.23. The van der Waals surface area contributed by atoms with Gasteiger partial charge in [0.2, 0.25) is 0 Å². The second-order valence-electron chi connectivity index (χ2n) is 5.05. The number of benzene rings is 1. The first kappa shape index (κ1) is 15.0. The van der Waals surface area contributed by atoms with Crippen LogP contribution in [0.3, 0.4) is 0 Å². The summed E-state index contributed by atoms with van der Waals surface area (Å²) in [7, 11) is 5.93. The molecule has 18 heavy (non-hydrogen) atoms. The van der Waals surface area contributed by atoms with Crippen LogP contribution in [-0.4, -0.2) is 32.6 Å². The van der Waals surface area contributed by atoms with Gasteiger partial charge in [0.05, 0.1) is 7.11 Å². The lowest BCUT2D eigenvalue weighted by Gasteiger charge is -2.30. The molecule has 0 aliphatic carbocycles. The van der Waals surface area contributed by atoms with Crippen molar-refractivity contribution in [3.63, 3.8) is 0 Å². The Morgan fingerprint density at radius 2 is 2.00 bits per heavy atom. The van der Waals surface area contributed by atoms with E-state index in [0.29, 0.717) is 18.5 Å². The van der Waals surface area contributed by atoms with E-state index < -0.39 is 0 Å². The molecule has 2 N–H and O–H groups in total. The number of hydrogen-bond acceptors (Lipinski definition) is 3. The normalized spacial score (nSPS) is 14.6. The van der Waals surface area contributed by atoms with Crippen molar-refractivity contribution < 1.29 is 4.74 Å². The summed E-state index contributed by atoms with van der Waals surface area (Å²) in [6.45, 7) is 5.04. The van der Waals surface area contributed by atoms with Crippen molar-refractivity contribution in [2.24, 2.45) is 11.7 Å². The summed E-state index contributed by atoms with van der Waals surface area (Å²) in [5.74, 6) is 1.40. The topological polar surface area (TPSA) is 38.5 Å². The molecule has 3 heteroatoms. The molecule has 1 aromatic carbocycles. The van der Waals surface area contributed by atoms with Crippen LogP contribution >= 0.6 is 0 Å². The lowest BCUT2D eigenvalue weighted by Crippen LogP contribution is -2.30. The van der Waals surface area contributed by atoms with E-state index in [1.54, 1.807) is 7.11 Å². The van der Waals surface area contributed by atoms with E-state index in [9.17, 15) is 0 Å². The molecular formula is C15H26N2O. The Balaban J connectivity index is 3.13. The SMILES string of the molecule is CCc1cc(C(C(C)CN)N(C)C)ccc1OC. The molecule has 0 radical (unpaired) electrons. The third-order valence-corrected chi connectivity index (χ3v) is 3.49. The van der Waals surface area contributed by atoms with Crippen LogP contribution in [0.25, 0.3) is 0 Å². The summed E-state index contributed by atoms with van der Waals surface area (Å²) in [6.07, 6.45) is 0.980. The van der Waals surface area contributed by atoms with Gasteiger partial charge >= 0.3 is 0 Å². The van der Waals surface area contributed by atoms with Gasteiger partial charge in [-0.15, -0.1) is 0 Å². The molecule has 0 spiro atoms. The number of nitrogens with two attached hydrogens (primary N) is 1. The van der Waals surface area contributed by atoms with Crippen molar-refractivity contribution in [3.8, 4) is 5.75 Å². The van der Waals surface area contributed by atoms with Gasteiger partial charge in [0, 0.05) is 6.04 Å². The molecule has 0 amide bonds. The maximum absolute atomic E-state index is 5.82. The second-order valence-corrected chi connectivity index (χ2v) is 5.05. The molecule has 0 saturated heterocycles. The van der Waals surface area contributed by atoms with E-state index in [0.717, 1.165) is 12.2 Å². The van der Waals surface area contributed by atoms with Crippen molar-refractivity contribution in [2.75, 3.05) is 27.7 Å². The number of ether oxygens (including phenoxy) is 1. The number of methoxy groups -OCH3 is 1. The highest BCUT2D eigenvalue weighted by Gasteiger charge is 2.21. The summed E-state index contributed by atoms with van der Waals surface area (Å²) in [6, 6.07) is 6.81. The predicted molar refractivity (Wildman–Crippen MR) is 77.0 cm³/mol. The van der Waals surface area contributed by atoms with Gasteiger partial charge in [-0.2, -0.15) is 0 Å². The zero-order chi connectivity index (χ0) is 13.7. The monoisotopic (exact) mass is 250 g/mol. The van der Waals surface area contributed by atoms with Gasteiger partial charge in [-0.25, -0.2) is 0 Å². The third-order valence-electron chi connectivity index (χ3n) is 3.49. The second kappa shape index (κ2) is 6.76. The summed E-state index contributed by atoms with van der Waals surface area (Å²) < 4.78 is 5.38. The Morgan fingerprint density at radius 1 is 1.33 bits per heavy atom. The smallest absolute Gasteiger partial charge is 0.122 e. The average molecular weight is 250 g/mol. The van der Waals surface area contributed by atoms with Crippen molar-refractivity contribution in [1.82, 2.24) is 4.90 Å². The Kier molecular flexibility index (Phi) is 5.63. The lowest BCUT2D eigenvalue weighted by molar-refractivity contribution is 0.227. The third kappa shape index (κ3) is 3.24. The molecule has 102 valence electrons. The number of aryl methyl sites for hydroxylation is 1. The maximum atomic E-state index is 5.82. The van der Waals surface area contributed by atoms with Gasteiger partial charge in [-0.3, -0.25) is 0 Å². The Hall–Kier alpha value is -1.06. The standard InChI is InChI=1S/C15H26N2O/c1-6-12-9-13(7-8-14(12)18-5)15(17(3)4)11(2)10-16/h7-9,11,15H,6,10,16H2,1-5H3. The van der Waals surface area contributed by atoms with Crippen LogP contribution in [0.4, 0.5) is 0 Å². The fraction of sp³-hybridized carbons (Fsp3) is 0.600. The van der Waals surface area contributed by atoms with Crippen LogP contribution in [0.1, 0.15) is 31.0 Å². The molecule has 0 aliphatic rings. The Bertz CT molecular complexity index is 377. The van der Waals surface area contributed by atoms with E-state index in [1.165, 1.54) is 11.1 Å². The maximum Gasteiger partial charge on any atom is 0.122 e. The zero-order valence-electron chi connectivity index (χ0n) is 12.2. The minimum Gasteiger partial charge on any atom is -0.496 e. The van der Waals surface area contributed by atoms with Crippen LogP contribution < -0.4 is 10.5 Å². The first-order valence-corrected chi connectivity index (χ1v) is 6.58. The van der Waals surface area contributed by atoms with Gasteiger partial charge < -0.3 is 15.4 Å². The van der Waals surface area contributed by atoms with Crippen molar-refractivity contribution in [3.05, 3.63) is 29.3 Å². The van der Waals surface area contributed by atoms with Crippen LogP contribution in [0, 0.1) is 5.92 Å². The van der Waals surface area contributed by atoms with Crippen molar-refractivity contribution in [1.29, 1.82) is 0 Å². The quantitative estimate of drug-likeness (QED) is 0.843. The van der Waals surface area contributed by atoms with E-state index in [1.807, 2.05) is 0 Å². The van der Waals surface area contributed by atoms with E-state index in [2.05, 4.69) is 51.0 Å². The van der Waals surface area contributed by atoms with Gasteiger partial charge in [0.1, 0.15) is 5.75 Å². The minimum absolute atomic E-state index is 0.353. The largest absolute Gasteiger partial charge is 0.496 e. The molecule has 1 rings (SSSR count). The van der Waals surface area contributed by atoms with Crippen molar-refractivity contribution in [2.45, 2.75) is 26.3 Å². The predicted octanol–water partition coefficient (Wildman–Crippen LogP) is 2.46. The first-order valence-electron chi connectivity index (χ1n) is 6.58. The summed E-state index contributed by atoms with van der Waals surface area (Å²) in [5, 5.41) is 0. The molecule has 2 atom stereocenters. The molecule has 3 nitrogen and oxygen atoms in total. The number of hydrogen-bond donors (Lipinski definition) is 1. The molecule has 0 bridgehead atoms. The van der Waals surface area contributed by atoms with Gasteiger partial charge in [0.25, 0.3) is 0 Å². The molecule has 0 fully saturated rings. The van der Waals surface area contributed by atoms with Crippen molar-refractivity contribution >= 4 is 0 Å². The van der Waals surface area contributed by atoms with Gasteiger partial charge in [-0.1, -0.05) is 26.0 Å². The van der Waals surface area contributed by atoms with Gasteiger partial charge in [-0.05, 0) is 50.2 Å². The molecule has 2 unspecified atom stereocenters. The van der Waals surface area contributed by atoms with Crippen LogP contribution in [-0.2, 0) is 6.42 Å². The minimum atomic E-state index is 0.353. The van der Waals surface area contributed by atoms with Crippen LogP contribution in [0.2, 0.25) is 0 Å². The van der Waals surface area contributed by atoms with E-state index >= 15 is 0 Å². The van der Waals surface area contributed by atoms with Crippen LogP contribution in [0.15, 0.2) is 18.2 Å². The number of nitrogens with zero attached hydrogens (tertiary/aromatic N) is 1. The fourth-order valence-corrected chi connectivity index (χ4v) is 2.52. The molecule has 0 aliphatic heterocycles. The highest BCUT2D eigenvalue weighted by molar-refractivity contribution is 5.38. The molecule has 0 aromatic heterocycles. The highest BCUT2D eigenvalue weighted by Crippen LogP contribution is 2.30. The lowest BCUT2D eigenvalue weighted by atomic mass is 9.92. The molecule has 0 heterocycles. The fourth-order valence-electron chi connectivity index (χ4n) is 2.52. The Labute approximate surface area is 111 Å². The Morgan fingerprint density at radius 3 is 2.44 bits per heavy atom. The molecular weight excluding hydrogens is 224 g/mol. The van der Waals surface area contributed by atoms with E-state index in [4.69, 9.17) is 10.5 Å². The summed E-state index contributed by atoms with van der Waals surface area (Å²) in [5.41, 5.74) is 8.39. The van der Waals surface area contributed by atoms with Crippen LogP contribution in [0.5, 0.6) is 5.75 Å². The average Bonchev–Trinajstić information content (AvgIpc) is 2.37. The first-order chi connectivity index (χ1) is 8.54.